The number of thiazole rings is 1. The molecule has 4 nitrogen and oxygen atoms in total. The molecule has 2 rings (SSSR count). The van der Waals surface area contributed by atoms with E-state index in [1.165, 1.54) is 4.88 Å². The summed E-state index contributed by atoms with van der Waals surface area (Å²) in [5.74, 6) is -0.702. The second-order valence-electron chi connectivity index (χ2n) is 5.03. The molecule has 0 aromatic carbocycles. The number of rotatable bonds is 2. The summed E-state index contributed by atoms with van der Waals surface area (Å²) in [5.41, 5.74) is 0.416. The average Bonchev–Trinajstić information content (AvgIpc) is 2.59. The molecule has 1 aromatic rings. The fraction of sp³-hybridized carbons (Fsp3) is 0.667. The largest absolute Gasteiger partial charge is 0.481 e. The third-order valence-electron chi connectivity index (χ3n) is 3.50. The van der Waals surface area contributed by atoms with Crippen molar-refractivity contribution in [3.05, 3.63) is 10.6 Å². The number of aliphatic carboxylic acids is 1. The number of piperidine rings is 1. The Hall–Kier alpha value is -1.10. The molecule has 0 saturated carbocycles. The first-order valence-corrected chi connectivity index (χ1v) is 6.66. The van der Waals surface area contributed by atoms with E-state index in [1.807, 2.05) is 13.8 Å². The summed E-state index contributed by atoms with van der Waals surface area (Å²) in [5, 5.41) is 10.2. The monoisotopic (exact) mass is 254 g/mol. The molecule has 94 valence electrons. The van der Waals surface area contributed by atoms with Gasteiger partial charge in [0, 0.05) is 18.0 Å². The Morgan fingerprint density at radius 1 is 1.53 bits per heavy atom. The van der Waals surface area contributed by atoms with E-state index >= 15 is 0 Å². The lowest BCUT2D eigenvalue weighted by Gasteiger charge is -2.37. The van der Waals surface area contributed by atoms with Crippen LogP contribution >= 0.6 is 11.3 Å². The molecule has 0 spiro atoms. The Morgan fingerprint density at radius 3 is 2.76 bits per heavy atom. The maximum absolute atomic E-state index is 11.3. The smallest absolute Gasteiger partial charge is 0.311 e. The van der Waals surface area contributed by atoms with E-state index in [4.69, 9.17) is 0 Å². The molecule has 1 aliphatic heterocycles. The van der Waals surface area contributed by atoms with Gasteiger partial charge in [-0.2, -0.15) is 0 Å². The highest BCUT2D eigenvalue weighted by Gasteiger charge is 2.38. The van der Waals surface area contributed by atoms with Crippen molar-refractivity contribution in [3.8, 4) is 0 Å². The number of aromatic nitrogens is 1. The molecule has 0 amide bonds. The SMILES string of the molecule is Cc1nc(N2CCCC(C)(C(=O)O)C2)sc1C. The topological polar surface area (TPSA) is 53.4 Å². The van der Waals surface area contributed by atoms with Crippen LogP contribution < -0.4 is 4.90 Å². The summed E-state index contributed by atoms with van der Waals surface area (Å²) in [6.45, 7) is 7.35. The van der Waals surface area contributed by atoms with Crippen molar-refractivity contribution in [1.82, 2.24) is 4.98 Å². The highest BCUT2D eigenvalue weighted by atomic mass is 32.1. The first-order valence-electron chi connectivity index (χ1n) is 5.85. The quantitative estimate of drug-likeness (QED) is 0.880. The maximum atomic E-state index is 11.3. The van der Waals surface area contributed by atoms with Crippen molar-refractivity contribution < 1.29 is 9.90 Å². The zero-order valence-electron chi connectivity index (χ0n) is 10.5. The van der Waals surface area contributed by atoms with Gasteiger partial charge in [0.15, 0.2) is 5.13 Å². The summed E-state index contributed by atoms with van der Waals surface area (Å²) < 4.78 is 0. The molecule has 5 heteroatoms. The van der Waals surface area contributed by atoms with Gasteiger partial charge in [-0.05, 0) is 33.6 Å². The molecule has 1 atom stereocenters. The molecule has 1 saturated heterocycles. The van der Waals surface area contributed by atoms with Crippen molar-refractivity contribution in [1.29, 1.82) is 0 Å². The maximum Gasteiger partial charge on any atom is 0.311 e. The van der Waals surface area contributed by atoms with Gasteiger partial charge in [0.25, 0.3) is 0 Å². The van der Waals surface area contributed by atoms with E-state index in [1.54, 1.807) is 11.3 Å². The lowest BCUT2D eigenvalue weighted by atomic mass is 9.82. The van der Waals surface area contributed by atoms with Crippen LogP contribution in [0.5, 0.6) is 0 Å². The summed E-state index contributed by atoms with van der Waals surface area (Å²) in [7, 11) is 0. The van der Waals surface area contributed by atoms with Crippen molar-refractivity contribution in [2.24, 2.45) is 5.41 Å². The number of carbonyl (C=O) groups is 1. The summed E-state index contributed by atoms with van der Waals surface area (Å²) >= 11 is 1.66. The van der Waals surface area contributed by atoms with Crippen LogP contribution in [0, 0.1) is 19.3 Å². The third-order valence-corrected chi connectivity index (χ3v) is 4.63. The normalized spacial score (nSPS) is 25.0. The fourth-order valence-corrected chi connectivity index (χ4v) is 3.10. The number of hydrogen-bond donors (Lipinski definition) is 1. The van der Waals surface area contributed by atoms with Crippen LogP contribution in [-0.2, 0) is 4.79 Å². The molecule has 0 radical (unpaired) electrons. The van der Waals surface area contributed by atoms with Crippen molar-refractivity contribution in [3.63, 3.8) is 0 Å². The van der Waals surface area contributed by atoms with E-state index in [0.717, 1.165) is 30.2 Å². The highest BCUT2D eigenvalue weighted by Crippen LogP contribution is 2.34. The Bertz CT molecular complexity index is 424. The minimum absolute atomic E-state index is 0.564. The molecule has 1 aromatic heterocycles. The average molecular weight is 254 g/mol. The second kappa shape index (κ2) is 4.29. The predicted octanol–water partition coefficient (Wildman–Crippen LogP) is 2.45. The van der Waals surface area contributed by atoms with Crippen LogP contribution in [0.4, 0.5) is 5.13 Å². The minimum atomic E-state index is -0.702. The van der Waals surface area contributed by atoms with E-state index in [2.05, 4.69) is 16.8 Å². The molecule has 1 aliphatic rings. The number of anilines is 1. The molecule has 1 N–H and O–H groups in total. The molecule has 0 bridgehead atoms. The Morgan fingerprint density at radius 2 is 2.24 bits per heavy atom. The molecular weight excluding hydrogens is 236 g/mol. The van der Waals surface area contributed by atoms with Crippen LogP contribution in [-0.4, -0.2) is 29.1 Å². The van der Waals surface area contributed by atoms with Gasteiger partial charge in [0.2, 0.25) is 0 Å². The van der Waals surface area contributed by atoms with Gasteiger partial charge < -0.3 is 10.0 Å². The van der Waals surface area contributed by atoms with Crippen LogP contribution in [0.25, 0.3) is 0 Å². The molecular formula is C12H18N2O2S. The first-order chi connectivity index (χ1) is 7.92. The van der Waals surface area contributed by atoms with E-state index in [0.29, 0.717) is 6.54 Å². The van der Waals surface area contributed by atoms with Crippen LogP contribution in [0.1, 0.15) is 30.3 Å². The lowest BCUT2D eigenvalue weighted by Crippen LogP contribution is -2.46. The van der Waals surface area contributed by atoms with Crippen LogP contribution in [0.15, 0.2) is 0 Å². The molecule has 2 heterocycles. The Balaban J connectivity index is 2.20. The summed E-state index contributed by atoms with van der Waals surface area (Å²) in [4.78, 5) is 19.1. The number of hydrogen-bond acceptors (Lipinski definition) is 4. The van der Waals surface area contributed by atoms with Gasteiger partial charge >= 0.3 is 5.97 Å². The van der Waals surface area contributed by atoms with Gasteiger partial charge in [0.1, 0.15) is 0 Å². The van der Waals surface area contributed by atoms with Gasteiger partial charge in [-0.1, -0.05) is 0 Å². The highest BCUT2D eigenvalue weighted by molar-refractivity contribution is 7.15. The third kappa shape index (κ3) is 2.29. The predicted molar refractivity (Wildman–Crippen MR) is 68.8 cm³/mol. The fourth-order valence-electron chi connectivity index (χ4n) is 2.17. The van der Waals surface area contributed by atoms with Gasteiger partial charge in [-0.25, -0.2) is 4.98 Å². The zero-order valence-corrected chi connectivity index (χ0v) is 11.3. The molecule has 1 unspecified atom stereocenters. The number of carboxylic acid groups (broad SMARTS) is 1. The number of aryl methyl sites for hydroxylation is 2. The number of nitrogens with zero attached hydrogens (tertiary/aromatic N) is 2. The molecule has 1 fully saturated rings. The van der Waals surface area contributed by atoms with Gasteiger partial charge in [-0.3, -0.25) is 4.79 Å². The van der Waals surface area contributed by atoms with E-state index in [-0.39, 0.29) is 0 Å². The summed E-state index contributed by atoms with van der Waals surface area (Å²) in [6.07, 6.45) is 1.67. The van der Waals surface area contributed by atoms with E-state index in [9.17, 15) is 9.90 Å². The first kappa shape index (κ1) is 12.4. The Kier molecular flexibility index (Phi) is 3.12. The van der Waals surface area contributed by atoms with Gasteiger partial charge in [0.05, 0.1) is 11.1 Å². The second-order valence-corrected chi connectivity index (χ2v) is 6.21. The van der Waals surface area contributed by atoms with Crippen molar-refractivity contribution in [2.75, 3.05) is 18.0 Å². The minimum Gasteiger partial charge on any atom is -0.481 e. The van der Waals surface area contributed by atoms with Crippen molar-refractivity contribution in [2.45, 2.75) is 33.6 Å². The van der Waals surface area contributed by atoms with E-state index < -0.39 is 11.4 Å². The molecule has 17 heavy (non-hydrogen) atoms. The number of carboxylic acids is 1. The van der Waals surface area contributed by atoms with Crippen LogP contribution in [0.2, 0.25) is 0 Å². The summed E-state index contributed by atoms with van der Waals surface area (Å²) in [6, 6.07) is 0. The zero-order chi connectivity index (χ0) is 12.6. The van der Waals surface area contributed by atoms with Gasteiger partial charge in [-0.15, -0.1) is 11.3 Å². The van der Waals surface area contributed by atoms with Crippen molar-refractivity contribution >= 4 is 22.4 Å². The molecule has 0 aliphatic carbocycles. The Labute approximate surface area is 105 Å². The lowest BCUT2D eigenvalue weighted by molar-refractivity contribution is -0.148. The van der Waals surface area contributed by atoms with Crippen LogP contribution in [0.3, 0.4) is 0 Å². The standard InChI is InChI=1S/C12H18N2O2S/c1-8-9(2)17-11(13-8)14-6-4-5-12(3,7-14)10(15)16/h4-7H2,1-3H3,(H,15,16).